The van der Waals surface area contributed by atoms with E-state index < -0.39 is 0 Å². The van der Waals surface area contributed by atoms with Crippen molar-refractivity contribution in [2.75, 3.05) is 6.61 Å². The van der Waals surface area contributed by atoms with Gasteiger partial charge in [0.25, 0.3) is 5.91 Å². The van der Waals surface area contributed by atoms with Crippen molar-refractivity contribution in [2.24, 2.45) is 5.92 Å². The second kappa shape index (κ2) is 5.43. The zero-order chi connectivity index (χ0) is 14.0. The molecule has 2 rings (SSSR count). The molecule has 2 N–H and O–H groups in total. The van der Waals surface area contributed by atoms with Crippen molar-refractivity contribution in [2.45, 2.75) is 38.6 Å². The summed E-state index contributed by atoms with van der Waals surface area (Å²) < 4.78 is 0. The van der Waals surface area contributed by atoms with Gasteiger partial charge in [0.2, 0.25) is 0 Å². The van der Waals surface area contributed by atoms with Gasteiger partial charge in [-0.25, -0.2) is 4.98 Å². The summed E-state index contributed by atoms with van der Waals surface area (Å²) in [6.45, 7) is 6.38. The lowest BCUT2D eigenvalue weighted by molar-refractivity contribution is 0.0945. The number of rotatable bonds is 3. The van der Waals surface area contributed by atoms with E-state index in [9.17, 15) is 4.79 Å². The Morgan fingerprint density at radius 3 is 2.79 bits per heavy atom. The minimum Gasteiger partial charge on any atom is -0.396 e. The first-order valence-corrected chi connectivity index (χ1v) is 7.28. The second-order valence-electron chi connectivity index (χ2n) is 5.92. The molecule has 5 heteroatoms. The van der Waals surface area contributed by atoms with E-state index >= 15 is 0 Å². The Hall–Kier alpha value is -1.20. The number of hydrogen-bond acceptors (Lipinski definition) is 4. The highest BCUT2D eigenvalue weighted by atomic mass is 32.1. The molecule has 0 saturated carbocycles. The van der Waals surface area contributed by atoms with Gasteiger partial charge in [-0.1, -0.05) is 32.9 Å². The smallest absolute Gasteiger partial charge is 0.263 e. The van der Waals surface area contributed by atoms with Gasteiger partial charge < -0.3 is 10.4 Å². The van der Waals surface area contributed by atoms with Crippen molar-refractivity contribution in [1.82, 2.24) is 10.3 Å². The highest BCUT2D eigenvalue weighted by Gasteiger charge is 2.23. The zero-order valence-corrected chi connectivity index (χ0v) is 12.3. The molecule has 19 heavy (non-hydrogen) atoms. The molecule has 0 fully saturated rings. The van der Waals surface area contributed by atoms with Crippen molar-refractivity contribution >= 4 is 17.2 Å². The van der Waals surface area contributed by atoms with Gasteiger partial charge in [-0.15, -0.1) is 11.3 Å². The summed E-state index contributed by atoms with van der Waals surface area (Å²) in [5.74, 6) is 0.0816. The summed E-state index contributed by atoms with van der Waals surface area (Å²) in [7, 11) is 0. The van der Waals surface area contributed by atoms with Crippen LogP contribution in [0.25, 0.3) is 0 Å². The summed E-state index contributed by atoms with van der Waals surface area (Å²) in [5, 5.41) is 13.0. The largest absolute Gasteiger partial charge is 0.396 e. The summed E-state index contributed by atoms with van der Waals surface area (Å²) in [5.41, 5.74) is -0.0293. The van der Waals surface area contributed by atoms with Crippen LogP contribution in [0, 0.1) is 5.92 Å². The Balaban J connectivity index is 1.98. The molecular formula is C14H20N2O2S. The van der Waals surface area contributed by atoms with E-state index in [-0.39, 0.29) is 29.9 Å². The number of nitrogens with one attached hydrogen (secondary N) is 1. The van der Waals surface area contributed by atoms with E-state index in [1.54, 1.807) is 6.20 Å². The first-order valence-electron chi connectivity index (χ1n) is 6.46. The molecule has 0 spiro atoms. The molecule has 1 heterocycles. The summed E-state index contributed by atoms with van der Waals surface area (Å²) in [4.78, 5) is 17.1. The average molecular weight is 280 g/mol. The predicted octanol–water partition coefficient (Wildman–Crippen LogP) is 2.11. The van der Waals surface area contributed by atoms with Gasteiger partial charge in [0, 0.05) is 24.0 Å². The number of amides is 1. The molecule has 1 aliphatic carbocycles. The maximum absolute atomic E-state index is 12.1. The predicted molar refractivity (Wildman–Crippen MR) is 76.4 cm³/mol. The standard InChI is InChI=1S/C14H20N2O2S/c1-14(2,3)13-15-7-11(19-13)12(18)16-10-5-4-9(6-10)8-17/h4-5,7,9-10,17H,6,8H2,1-3H3,(H,16,18)/t9-,10+/m0/s1. The van der Waals surface area contributed by atoms with E-state index in [1.807, 2.05) is 12.2 Å². The Kier molecular flexibility index (Phi) is 4.06. The Bertz CT molecular complexity index is 488. The molecule has 0 radical (unpaired) electrons. The third-order valence-electron chi connectivity index (χ3n) is 3.09. The SMILES string of the molecule is CC(C)(C)c1ncc(C(=O)N[C@@H]2C=C[C@H](CO)C2)s1. The van der Waals surface area contributed by atoms with Crippen molar-refractivity contribution < 1.29 is 9.90 Å². The molecule has 0 saturated heterocycles. The highest BCUT2D eigenvalue weighted by molar-refractivity contribution is 7.13. The number of thiazole rings is 1. The van der Waals surface area contributed by atoms with Crippen LogP contribution in [0.5, 0.6) is 0 Å². The van der Waals surface area contributed by atoms with Gasteiger partial charge in [0.1, 0.15) is 4.88 Å². The van der Waals surface area contributed by atoms with Crippen LogP contribution in [-0.2, 0) is 5.41 Å². The summed E-state index contributed by atoms with van der Waals surface area (Å²) in [6.07, 6.45) is 6.32. The highest BCUT2D eigenvalue weighted by Crippen LogP contribution is 2.27. The third-order valence-corrected chi connectivity index (χ3v) is 4.52. The molecule has 0 bridgehead atoms. The topological polar surface area (TPSA) is 62.2 Å². The van der Waals surface area contributed by atoms with Gasteiger partial charge in [-0.05, 0) is 6.42 Å². The van der Waals surface area contributed by atoms with Crippen LogP contribution in [0.2, 0.25) is 0 Å². The zero-order valence-electron chi connectivity index (χ0n) is 11.5. The van der Waals surface area contributed by atoms with Crippen molar-refractivity contribution in [3.63, 3.8) is 0 Å². The molecule has 0 aliphatic heterocycles. The van der Waals surface area contributed by atoms with Crippen LogP contribution < -0.4 is 5.32 Å². The van der Waals surface area contributed by atoms with Gasteiger partial charge in [0.15, 0.2) is 0 Å². The minimum atomic E-state index is -0.0822. The number of aliphatic hydroxyl groups excluding tert-OH is 1. The van der Waals surface area contributed by atoms with E-state index in [1.165, 1.54) is 11.3 Å². The van der Waals surface area contributed by atoms with Gasteiger partial charge >= 0.3 is 0 Å². The Morgan fingerprint density at radius 1 is 1.53 bits per heavy atom. The summed E-state index contributed by atoms with van der Waals surface area (Å²) in [6, 6.07) is 0.0184. The van der Waals surface area contributed by atoms with Crippen LogP contribution in [0.4, 0.5) is 0 Å². The molecule has 104 valence electrons. The van der Waals surface area contributed by atoms with Crippen LogP contribution in [0.3, 0.4) is 0 Å². The maximum Gasteiger partial charge on any atom is 0.263 e. The van der Waals surface area contributed by atoms with Crippen LogP contribution in [0.1, 0.15) is 41.9 Å². The van der Waals surface area contributed by atoms with Gasteiger partial charge in [-0.3, -0.25) is 4.79 Å². The van der Waals surface area contributed by atoms with Crippen LogP contribution >= 0.6 is 11.3 Å². The third kappa shape index (κ3) is 3.42. The maximum atomic E-state index is 12.1. The fourth-order valence-corrected chi connectivity index (χ4v) is 2.86. The van der Waals surface area contributed by atoms with Crippen LogP contribution in [0.15, 0.2) is 18.3 Å². The first kappa shape index (κ1) is 14.2. The van der Waals surface area contributed by atoms with Crippen molar-refractivity contribution in [1.29, 1.82) is 0 Å². The number of aliphatic hydroxyl groups is 1. The van der Waals surface area contributed by atoms with Crippen molar-refractivity contribution in [3.05, 3.63) is 28.2 Å². The molecule has 4 nitrogen and oxygen atoms in total. The molecular weight excluding hydrogens is 260 g/mol. The molecule has 1 aliphatic rings. The van der Waals surface area contributed by atoms with Crippen molar-refractivity contribution in [3.8, 4) is 0 Å². The van der Waals surface area contributed by atoms with Gasteiger partial charge in [0.05, 0.1) is 11.2 Å². The number of hydrogen-bond donors (Lipinski definition) is 2. The lowest BCUT2D eigenvalue weighted by Gasteiger charge is -2.13. The molecule has 1 aromatic rings. The molecule has 2 atom stereocenters. The Morgan fingerprint density at radius 2 is 2.26 bits per heavy atom. The summed E-state index contributed by atoms with van der Waals surface area (Å²) >= 11 is 1.44. The van der Waals surface area contributed by atoms with E-state index in [2.05, 4.69) is 31.1 Å². The van der Waals surface area contributed by atoms with E-state index in [0.29, 0.717) is 4.88 Å². The Labute approximate surface area is 117 Å². The minimum absolute atomic E-state index is 0.0184. The number of carbonyl (C=O) groups is 1. The number of carbonyl (C=O) groups excluding carboxylic acids is 1. The molecule has 0 unspecified atom stereocenters. The normalized spacial score (nSPS) is 22.7. The average Bonchev–Trinajstić information content (AvgIpc) is 2.96. The molecule has 1 amide bonds. The van der Waals surface area contributed by atoms with Crippen LogP contribution in [-0.4, -0.2) is 28.6 Å². The fourth-order valence-electron chi connectivity index (χ4n) is 1.98. The molecule has 1 aromatic heterocycles. The second-order valence-corrected chi connectivity index (χ2v) is 6.95. The number of aromatic nitrogens is 1. The molecule has 0 aromatic carbocycles. The van der Waals surface area contributed by atoms with E-state index in [0.717, 1.165) is 11.4 Å². The fraction of sp³-hybridized carbons (Fsp3) is 0.571. The lowest BCUT2D eigenvalue weighted by atomic mass is 9.98. The lowest BCUT2D eigenvalue weighted by Crippen LogP contribution is -2.32. The monoisotopic (exact) mass is 280 g/mol. The first-order chi connectivity index (χ1) is 8.90. The van der Waals surface area contributed by atoms with E-state index in [4.69, 9.17) is 5.11 Å². The quantitative estimate of drug-likeness (QED) is 0.834. The number of nitrogens with zero attached hydrogens (tertiary/aromatic N) is 1. The van der Waals surface area contributed by atoms with Gasteiger partial charge in [-0.2, -0.15) is 0 Å².